The first-order valence-corrected chi connectivity index (χ1v) is 12.0. The molecule has 0 spiro atoms. The lowest BCUT2D eigenvalue weighted by atomic mass is 9.91. The van der Waals surface area contributed by atoms with E-state index in [0.29, 0.717) is 16.3 Å². The second kappa shape index (κ2) is 10.0. The molecule has 1 aromatic carbocycles. The van der Waals surface area contributed by atoms with Crippen molar-refractivity contribution in [3.8, 4) is 5.75 Å². The zero-order chi connectivity index (χ0) is 25.2. The van der Waals surface area contributed by atoms with Crippen molar-refractivity contribution in [2.24, 2.45) is 10.7 Å². The van der Waals surface area contributed by atoms with Gasteiger partial charge in [0.1, 0.15) is 17.2 Å². The summed E-state index contributed by atoms with van der Waals surface area (Å²) < 4.78 is 7.16. The number of rotatable bonds is 5. The van der Waals surface area contributed by atoms with Crippen LogP contribution in [0.5, 0.6) is 5.75 Å². The number of aliphatic imine (C=N–C) groups is 1. The first-order valence-electron chi connectivity index (χ1n) is 11.6. The van der Waals surface area contributed by atoms with E-state index in [0.717, 1.165) is 36.9 Å². The molecule has 186 valence electrons. The molecule has 0 aliphatic heterocycles. The smallest absolute Gasteiger partial charge is 0.407 e. The lowest BCUT2D eigenvalue weighted by molar-refractivity contribution is 0.0492. The van der Waals surface area contributed by atoms with Crippen LogP contribution in [0.1, 0.15) is 52.0 Å². The van der Waals surface area contributed by atoms with E-state index in [1.807, 2.05) is 39.1 Å². The maximum Gasteiger partial charge on any atom is 0.407 e. The number of benzene rings is 1. The number of anilines is 1. The van der Waals surface area contributed by atoms with Crippen LogP contribution in [-0.4, -0.2) is 44.3 Å². The Morgan fingerprint density at radius 1 is 1.23 bits per heavy atom. The van der Waals surface area contributed by atoms with Gasteiger partial charge >= 0.3 is 6.09 Å². The number of carbonyl (C=O) groups is 1. The van der Waals surface area contributed by atoms with Crippen molar-refractivity contribution >= 4 is 40.4 Å². The van der Waals surface area contributed by atoms with Crippen molar-refractivity contribution in [2.45, 2.75) is 64.1 Å². The number of amides is 1. The average molecular weight is 499 g/mol. The number of phenolic OH excluding ortho intramolecular Hbond substituents is 1. The zero-order valence-electron chi connectivity index (χ0n) is 20.1. The molecule has 0 unspecified atom stereocenters. The number of nitrogens with one attached hydrogen (secondary N) is 2. The Morgan fingerprint density at radius 2 is 1.94 bits per heavy atom. The number of hydrogen-bond acceptors (Lipinski definition) is 6. The van der Waals surface area contributed by atoms with E-state index in [9.17, 15) is 9.90 Å². The van der Waals surface area contributed by atoms with Crippen molar-refractivity contribution in [3.63, 3.8) is 0 Å². The number of hydrogen-bond donors (Lipinski definition) is 4. The van der Waals surface area contributed by atoms with Crippen LogP contribution in [0.25, 0.3) is 5.52 Å². The zero-order valence-corrected chi connectivity index (χ0v) is 20.8. The van der Waals surface area contributed by atoms with Gasteiger partial charge < -0.3 is 26.2 Å². The minimum Gasteiger partial charge on any atom is -0.508 e. The Morgan fingerprint density at radius 3 is 2.63 bits per heavy atom. The third-order valence-corrected chi connectivity index (χ3v) is 6.11. The van der Waals surface area contributed by atoms with E-state index in [1.54, 1.807) is 16.8 Å². The fraction of sp³-hybridized carbons (Fsp3) is 0.400. The molecule has 0 saturated heterocycles. The van der Waals surface area contributed by atoms with Crippen molar-refractivity contribution in [1.82, 2.24) is 14.9 Å². The van der Waals surface area contributed by atoms with Gasteiger partial charge in [0.15, 0.2) is 0 Å². The summed E-state index contributed by atoms with van der Waals surface area (Å²) >= 11 is 6.22. The number of phenols is 1. The lowest BCUT2D eigenvalue weighted by Gasteiger charge is -2.31. The first-order chi connectivity index (χ1) is 16.6. The van der Waals surface area contributed by atoms with Crippen molar-refractivity contribution in [1.29, 1.82) is 0 Å². The van der Waals surface area contributed by atoms with Gasteiger partial charge in [0.05, 0.1) is 33.7 Å². The third kappa shape index (κ3) is 6.16. The van der Waals surface area contributed by atoms with Crippen LogP contribution in [-0.2, 0) is 4.74 Å². The minimum atomic E-state index is -0.519. The molecule has 0 radical (unpaired) electrons. The predicted octanol–water partition coefficient (Wildman–Crippen LogP) is 4.98. The molecular formula is C25H31ClN6O3. The Kier molecular flexibility index (Phi) is 7.07. The van der Waals surface area contributed by atoms with E-state index in [4.69, 9.17) is 22.1 Å². The van der Waals surface area contributed by atoms with Crippen LogP contribution < -0.4 is 16.4 Å². The molecule has 5 N–H and O–H groups in total. The van der Waals surface area contributed by atoms with Crippen LogP contribution >= 0.6 is 11.6 Å². The number of nitrogens with two attached hydrogens (primary N) is 1. The van der Waals surface area contributed by atoms with E-state index in [2.05, 4.69) is 20.7 Å². The molecule has 0 bridgehead atoms. The number of halogens is 1. The van der Waals surface area contributed by atoms with Gasteiger partial charge in [-0.25, -0.2) is 14.3 Å². The first kappa shape index (κ1) is 24.7. The number of alkyl carbamates (subject to hydrolysis) is 1. The fourth-order valence-electron chi connectivity index (χ4n) is 4.18. The summed E-state index contributed by atoms with van der Waals surface area (Å²) in [6.45, 7) is 5.56. The summed E-state index contributed by atoms with van der Waals surface area (Å²) in [7, 11) is 0. The van der Waals surface area contributed by atoms with E-state index in [-0.39, 0.29) is 29.8 Å². The Hall–Kier alpha value is -3.46. The van der Waals surface area contributed by atoms with Crippen LogP contribution in [0.3, 0.4) is 0 Å². The topological polar surface area (TPSA) is 126 Å². The molecule has 1 saturated carbocycles. The summed E-state index contributed by atoms with van der Waals surface area (Å²) in [6.07, 6.45) is 6.58. The average Bonchev–Trinajstić information content (AvgIpc) is 3.25. The molecular weight excluding hydrogens is 468 g/mol. The quantitative estimate of drug-likeness (QED) is 0.290. The third-order valence-electron chi connectivity index (χ3n) is 5.81. The second-order valence-electron chi connectivity index (χ2n) is 9.74. The lowest BCUT2D eigenvalue weighted by Crippen LogP contribution is -2.42. The molecule has 3 aromatic rings. The van der Waals surface area contributed by atoms with Gasteiger partial charge in [0.2, 0.25) is 0 Å². The fourth-order valence-corrected chi connectivity index (χ4v) is 4.39. The SMILES string of the molecule is CC(C)(C)OC(=O)NC1CCC(Nc2c(C(N)=Nc3ccc(O)cc3Cl)cnn3cccc23)CC1. The van der Waals surface area contributed by atoms with Gasteiger partial charge in [-0.3, -0.25) is 0 Å². The minimum absolute atomic E-state index is 0.0583. The molecule has 0 atom stereocenters. The highest BCUT2D eigenvalue weighted by atomic mass is 35.5. The molecule has 35 heavy (non-hydrogen) atoms. The molecule has 2 aromatic heterocycles. The highest BCUT2D eigenvalue weighted by Gasteiger charge is 2.26. The summed E-state index contributed by atoms with van der Waals surface area (Å²) in [5.74, 6) is 0.319. The molecule has 1 fully saturated rings. The maximum absolute atomic E-state index is 12.1. The maximum atomic E-state index is 12.1. The number of fused-ring (bicyclic) bond motifs is 1. The molecule has 1 aliphatic rings. The van der Waals surface area contributed by atoms with Gasteiger partial charge in [-0.05, 0) is 70.7 Å². The molecule has 4 rings (SSSR count). The van der Waals surface area contributed by atoms with Crippen molar-refractivity contribution in [3.05, 3.63) is 53.3 Å². The van der Waals surface area contributed by atoms with Crippen molar-refractivity contribution in [2.75, 3.05) is 5.32 Å². The van der Waals surface area contributed by atoms with Crippen molar-refractivity contribution < 1.29 is 14.6 Å². The van der Waals surface area contributed by atoms with Gasteiger partial charge in [-0.1, -0.05) is 11.6 Å². The highest BCUT2D eigenvalue weighted by Crippen LogP contribution is 2.31. The second-order valence-corrected chi connectivity index (χ2v) is 10.2. The van der Waals surface area contributed by atoms with Crippen LogP contribution in [0, 0.1) is 0 Å². The van der Waals surface area contributed by atoms with E-state index in [1.165, 1.54) is 12.1 Å². The largest absolute Gasteiger partial charge is 0.508 e. The number of nitrogens with zero attached hydrogens (tertiary/aromatic N) is 3. The monoisotopic (exact) mass is 498 g/mol. The van der Waals surface area contributed by atoms with Gasteiger partial charge in [0.25, 0.3) is 0 Å². The number of aromatic nitrogens is 2. The van der Waals surface area contributed by atoms with Gasteiger partial charge in [-0.15, -0.1) is 0 Å². The van der Waals surface area contributed by atoms with Gasteiger partial charge in [-0.2, -0.15) is 5.10 Å². The number of aromatic hydroxyl groups is 1. The Labute approximate surface area is 209 Å². The van der Waals surface area contributed by atoms with Crippen LogP contribution in [0.4, 0.5) is 16.2 Å². The standard InChI is InChI=1S/C25H31ClN6O3/c1-25(2,3)35-24(34)30-16-8-6-15(7-9-16)29-22-18(14-28-32-12-4-5-21(22)32)23(27)31-20-11-10-17(33)13-19(20)26/h4-5,10-16,29,33H,6-9H2,1-3H3,(H2,27,31)(H,30,34). The summed E-state index contributed by atoms with van der Waals surface area (Å²) in [6, 6.07) is 8.70. The van der Waals surface area contributed by atoms with Crippen LogP contribution in [0.15, 0.2) is 47.7 Å². The molecule has 2 heterocycles. The molecule has 9 nitrogen and oxygen atoms in total. The molecule has 1 amide bonds. The van der Waals surface area contributed by atoms with E-state index >= 15 is 0 Å². The van der Waals surface area contributed by atoms with Crippen LogP contribution in [0.2, 0.25) is 5.02 Å². The molecule has 10 heteroatoms. The van der Waals surface area contributed by atoms with E-state index < -0.39 is 5.60 Å². The molecule has 1 aliphatic carbocycles. The summed E-state index contributed by atoms with van der Waals surface area (Å²) in [5, 5.41) is 21.0. The number of amidine groups is 1. The highest BCUT2D eigenvalue weighted by molar-refractivity contribution is 6.33. The Bertz CT molecular complexity index is 1240. The number of carbonyl (C=O) groups excluding carboxylic acids is 1. The summed E-state index contributed by atoms with van der Waals surface area (Å²) in [4.78, 5) is 16.6. The predicted molar refractivity (Wildman–Crippen MR) is 138 cm³/mol. The summed E-state index contributed by atoms with van der Waals surface area (Å²) in [5.41, 5.74) is 8.72. The Balaban J connectivity index is 1.51. The normalized spacial score (nSPS) is 18.9. The van der Waals surface area contributed by atoms with Gasteiger partial charge in [0, 0.05) is 24.3 Å². The number of ether oxygens (including phenoxy) is 1.